The molecule has 0 saturated carbocycles. The molecule has 4 rings (SSSR count). The summed E-state index contributed by atoms with van der Waals surface area (Å²) in [6.07, 6.45) is 0.933. The van der Waals surface area contributed by atoms with Gasteiger partial charge in [0.2, 0.25) is 5.91 Å². The summed E-state index contributed by atoms with van der Waals surface area (Å²) in [5.74, 6) is -0.0780. The molecule has 160 valence electrons. The van der Waals surface area contributed by atoms with Crippen LogP contribution in [0.5, 0.6) is 0 Å². The lowest BCUT2D eigenvalue weighted by Crippen LogP contribution is -2.56. The molecule has 4 heterocycles. The molecule has 0 aliphatic carbocycles. The molecule has 3 aliphatic rings. The summed E-state index contributed by atoms with van der Waals surface area (Å²) in [7, 11) is 0. The Morgan fingerprint density at radius 2 is 2.17 bits per heavy atom. The van der Waals surface area contributed by atoms with Gasteiger partial charge in [0.25, 0.3) is 0 Å². The van der Waals surface area contributed by atoms with E-state index in [-0.39, 0.29) is 6.04 Å². The molecule has 1 saturated heterocycles. The number of amides is 3. The summed E-state index contributed by atoms with van der Waals surface area (Å²) in [4.78, 5) is 33.0. The van der Waals surface area contributed by atoms with Gasteiger partial charge in [0.05, 0.1) is 11.7 Å². The van der Waals surface area contributed by atoms with Crippen molar-refractivity contribution in [3.8, 4) is 0 Å². The lowest BCUT2D eigenvalue weighted by atomic mass is 10.1. The third-order valence-corrected chi connectivity index (χ3v) is 5.51. The summed E-state index contributed by atoms with van der Waals surface area (Å²) >= 11 is 3.32. The number of hydrogen-bond acceptors (Lipinski definition) is 5. The highest BCUT2D eigenvalue weighted by atomic mass is 79.9. The zero-order valence-corrected chi connectivity index (χ0v) is 17.1. The number of halogens is 4. The molecule has 8 nitrogen and oxygen atoms in total. The van der Waals surface area contributed by atoms with E-state index in [4.69, 9.17) is 0 Å². The monoisotopic (exact) mass is 486 g/mol. The van der Waals surface area contributed by atoms with Crippen LogP contribution in [-0.2, 0) is 4.79 Å². The van der Waals surface area contributed by atoms with Crippen molar-refractivity contribution in [1.29, 1.82) is 0 Å². The second-order valence-corrected chi connectivity index (χ2v) is 8.01. The van der Waals surface area contributed by atoms with Gasteiger partial charge in [-0.1, -0.05) is 22.0 Å². The molecule has 3 N–H and O–H groups in total. The third kappa shape index (κ3) is 4.23. The fourth-order valence-corrected chi connectivity index (χ4v) is 4.03. The van der Waals surface area contributed by atoms with E-state index in [1.54, 1.807) is 24.4 Å². The minimum absolute atomic E-state index is 0.131. The van der Waals surface area contributed by atoms with E-state index < -0.39 is 30.7 Å². The van der Waals surface area contributed by atoms with Crippen LogP contribution in [0.15, 0.2) is 46.5 Å². The summed E-state index contributed by atoms with van der Waals surface area (Å²) in [6, 6.07) is 1.79. The Kier molecular flexibility index (Phi) is 5.35. The Hall–Kier alpha value is -2.76. The minimum Gasteiger partial charge on any atom is -0.366 e. The van der Waals surface area contributed by atoms with Crippen molar-refractivity contribution in [2.24, 2.45) is 0 Å². The highest BCUT2D eigenvalue weighted by Gasteiger charge is 2.42. The first-order valence-corrected chi connectivity index (χ1v) is 10.0. The minimum atomic E-state index is -4.50. The highest BCUT2D eigenvalue weighted by molar-refractivity contribution is 9.10. The molecule has 1 unspecified atom stereocenters. The standard InChI is InChI=1S/C18H18BrF3N6O2/c19-10-3-5-23-14(7-10)26-17(30)28-11-4-6-27(8-11)13-2-1-12(25-15(13)28)16(29)24-9-18(20,21)22/h1-3,5,7,11-12,25H,4,6,8-9H2,(H,24,29)(H,23,26,30)/t11-,12?/m0/s1. The summed E-state index contributed by atoms with van der Waals surface area (Å²) in [5.41, 5.74) is 0.723. The number of rotatable bonds is 3. The lowest BCUT2D eigenvalue weighted by molar-refractivity contribution is -0.138. The molecule has 3 aliphatic heterocycles. The van der Waals surface area contributed by atoms with Gasteiger partial charge in [-0.2, -0.15) is 13.2 Å². The summed E-state index contributed by atoms with van der Waals surface area (Å²) < 4.78 is 38.0. The maximum absolute atomic E-state index is 13.0. The number of allylic oxidation sites excluding steroid dienone is 1. The molecule has 0 aromatic carbocycles. The Bertz CT molecular complexity index is 935. The van der Waals surface area contributed by atoms with Crippen LogP contribution in [0.25, 0.3) is 0 Å². The van der Waals surface area contributed by atoms with E-state index in [2.05, 4.69) is 36.4 Å². The number of aromatic nitrogens is 1. The molecule has 12 heteroatoms. The Morgan fingerprint density at radius 3 is 2.90 bits per heavy atom. The lowest BCUT2D eigenvalue weighted by Gasteiger charge is -2.40. The number of carbonyl (C=O) groups is 2. The molecule has 1 aromatic rings. The number of urea groups is 1. The zero-order chi connectivity index (χ0) is 21.5. The van der Waals surface area contributed by atoms with Crippen molar-refractivity contribution in [2.75, 3.05) is 25.0 Å². The van der Waals surface area contributed by atoms with Crippen molar-refractivity contribution in [1.82, 2.24) is 25.4 Å². The number of hydrogen-bond donors (Lipinski definition) is 3. The van der Waals surface area contributed by atoms with Crippen LogP contribution in [0.3, 0.4) is 0 Å². The number of nitrogens with one attached hydrogen (secondary N) is 3. The van der Waals surface area contributed by atoms with Gasteiger partial charge in [0.15, 0.2) is 0 Å². The van der Waals surface area contributed by atoms with Crippen LogP contribution in [0.2, 0.25) is 0 Å². The van der Waals surface area contributed by atoms with Gasteiger partial charge in [-0.25, -0.2) is 9.78 Å². The molecule has 1 aromatic heterocycles. The summed E-state index contributed by atoms with van der Waals surface area (Å²) in [5, 5.41) is 7.53. The SMILES string of the molecule is O=C(NCC(F)(F)F)C1C=CC2=C(N1)N(C(=O)Nc1cc(Br)ccn1)[C@H]1CCN2C1. The van der Waals surface area contributed by atoms with Crippen molar-refractivity contribution < 1.29 is 22.8 Å². The molecule has 0 spiro atoms. The van der Waals surface area contributed by atoms with E-state index in [0.717, 1.165) is 23.1 Å². The van der Waals surface area contributed by atoms with E-state index in [1.165, 1.54) is 11.0 Å². The van der Waals surface area contributed by atoms with Gasteiger partial charge in [-0.15, -0.1) is 0 Å². The van der Waals surface area contributed by atoms with E-state index in [0.29, 0.717) is 18.2 Å². The topological polar surface area (TPSA) is 89.6 Å². The van der Waals surface area contributed by atoms with Gasteiger partial charge in [0, 0.05) is 23.8 Å². The number of pyridine rings is 1. The Labute approximate surface area is 178 Å². The first-order chi connectivity index (χ1) is 14.2. The summed E-state index contributed by atoms with van der Waals surface area (Å²) in [6.45, 7) is -0.0498. The van der Waals surface area contributed by atoms with E-state index in [9.17, 15) is 22.8 Å². The fourth-order valence-electron chi connectivity index (χ4n) is 3.70. The normalized spacial score (nSPS) is 22.5. The van der Waals surface area contributed by atoms with Gasteiger partial charge < -0.3 is 15.5 Å². The molecule has 0 radical (unpaired) electrons. The predicted molar refractivity (Wildman–Crippen MR) is 105 cm³/mol. The van der Waals surface area contributed by atoms with Gasteiger partial charge >= 0.3 is 12.2 Å². The van der Waals surface area contributed by atoms with Gasteiger partial charge in [-0.3, -0.25) is 15.0 Å². The predicted octanol–water partition coefficient (Wildman–Crippen LogP) is 2.14. The average molecular weight is 487 g/mol. The number of dihydropyridines is 1. The largest absolute Gasteiger partial charge is 0.405 e. The van der Waals surface area contributed by atoms with Crippen molar-refractivity contribution in [3.63, 3.8) is 0 Å². The molecule has 30 heavy (non-hydrogen) atoms. The van der Waals surface area contributed by atoms with Crippen LogP contribution in [-0.4, -0.2) is 64.6 Å². The molecule has 2 bridgehead atoms. The second-order valence-electron chi connectivity index (χ2n) is 7.10. The second kappa shape index (κ2) is 7.82. The molecule has 2 atom stereocenters. The fraction of sp³-hybridized carbons (Fsp3) is 0.389. The Morgan fingerprint density at radius 1 is 1.37 bits per heavy atom. The van der Waals surface area contributed by atoms with Crippen molar-refractivity contribution in [3.05, 3.63) is 46.5 Å². The highest BCUT2D eigenvalue weighted by Crippen LogP contribution is 2.33. The van der Waals surface area contributed by atoms with Gasteiger partial charge in [-0.05, 0) is 24.6 Å². The van der Waals surface area contributed by atoms with Crippen LogP contribution in [0.4, 0.5) is 23.8 Å². The number of fused-ring (bicyclic) bond motifs is 3. The van der Waals surface area contributed by atoms with E-state index in [1.807, 2.05) is 5.32 Å². The van der Waals surface area contributed by atoms with Gasteiger partial charge in [0.1, 0.15) is 24.2 Å². The first-order valence-electron chi connectivity index (χ1n) is 9.21. The Balaban J connectivity index is 1.53. The third-order valence-electron chi connectivity index (χ3n) is 5.01. The van der Waals surface area contributed by atoms with Crippen molar-refractivity contribution in [2.45, 2.75) is 24.7 Å². The molecule has 1 fully saturated rings. The van der Waals surface area contributed by atoms with Crippen LogP contribution < -0.4 is 16.0 Å². The maximum atomic E-state index is 13.0. The number of alkyl halides is 3. The smallest absolute Gasteiger partial charge is 0.366 e. The molecular formula is C18H18BrF3N6O2. The number of anilines is 1. The van der Waals surface area contributed by atoms with Crippen LogP contribution in [0.1, 0.15) is 6.42 Å². The number of carbonyl (C=O) groups excluding carboxylic acids is 2. The molecule has 3 amide bonds. The molecular weight excluding hydrogens is 469 g/mol. The first kappa shape index (κ1) is 20.5. The maximum Gasteiger partial charge on any atom is 0.405 e. The van der Waals surface area contributed by atoms with Crippen LogP contribution >= 0.6 is 15.9 Å². The zero-order valence-electron chi connectivity index (χ0n) is 15.5. The van der Waals surface area contributed by atoms with Crippen molar-refractivity contribution >= 4 is 33.7 Å². The average Bonchev–Trinajstić information content (AvgIpc) is 3.09. The van der Waals surface area contributed by atoms with E-state index >= 15 is 0 Å². The van der Waals surface area contributed by atoms with Crippen LogP contribution in [0, 0.1) is 0 Å². The number of nitrogens with zero attached hydrogens (tertiary/aromatic N) is 3. The quantitative estimate of drug-likeness (QED) is 0.608.